The van der Waals surface area contributed by atoms with Gasteiger partial charge >= 0.3 is 5.97 Å². The van der Waals surface area contributed by atoms with E-state index in [9.17, 15) is 19.6 Å². The van der Waals surface area contributed by atoms with E-state index >= 15 is 0 Å². The van der Waals surface area contributed by atoms with Crippen molar-refractivity contribution in [3.8, 4) is 11.8 Å². The lowest BCUT2D eigenvalue weighted by atomic mass is 9.78. The van der Waals surface area contributed by atoms with E-state index in [1.807, 2.05) is 37.3 Å². The van der Waals surface area contributed by atoms with Gasteiger partial charge in [0.05, 0.1) is 25.3 Å². The first-order valence-electron chi connectivity index (χ1n) is 11.8. The molecule has 0 spiro atoms. The predicted molar refractivity (Wildman–Crippen MR) is 138 cm³/mol. The summed E-state index contributed by atoms with van der Waals surface area (Å²) in [5.74, 6) is -1.86. The summed E-state index contributed by atoms with van der Waals surface area (Å²) in [6.07, 6.45) is 0. The third-order valence-corrected chi connectivity index (χ3v) is 6.18. The highest BCUT2D eigenvalue weighted by Gasteiger charge is 2.31. The van der Waals surface area contributed by atoms with Crippen LogP contribution in [0.3, 0.4) is 0 Å². The van der Waals surface area contributed by atoms with Gasteiger partial charge in [0.1, 0.15) is 5.82 Å². The van der Waals surface area contributed by atoms with Crippen LogP contribution in [0.1, 0.15) is 69.0 Å². The number of carbonyl (C=O) groups excluding carboxylic acids is 2. The van der Waals surface area contributed by atoms with Crippen LogP contribution in [0.4, 0.5) is 0 Å². The Bertz CT molecular complexity index is 1410. The van der Waals surface area contributed by atoms with Gasteiger partial charge in [-0.3, -0.25) is 14.2 Å². The van der Waals surface area contributed by atoms with Crippen LogP contribution in [0, 0.1) is 11.3 Å². The number of aromatic nitrogens is 2. The van der Waals surface area contributed by atoms with Gasteiger partial charge in [0.25, 0.3) is 11.5 Å². The molecule has 0 aliphatic rings. The second-order valence-electron chi connectivity index (χ2n) is 8.73. The van der Waals surface area contributed by atoms with Crippen LogP contribution in [0.15, 0.2) is 53.3 Å². The van der Waals surface area contributed by atoms with Crippen molar-refractivity contribution in [2.45, 2.75) is 25.7 Å². The van der Waals surface area contributed by atoms with E-state index in [-0.39, 0.29) is 24.0 Å². The maximum Gasteiger partial charge on any atom is 0.361 e. The van der Waals surface area contributed by atoms with Crippen LogP contribution in [0.5, 0.6) is 5.75 Å². The molecule has 0 aliphatic heterocycles. The number of hydrogen-bond acceptors (Lipinski definition) is 7. The first kappa shape index (κ1) is 27.1. The number of benzene rings is 2. The highest BCUT2D eigenvalue weighted by Crippen LogP contribution is 2.39. The number of methoxy groups -OCH3 is 1. The topological polar surface area (TPSA) is 115 Å². The lowest BCUT2D eigenvalue weighted by Crippen LogP contribution is -2.30. The first-order chi connectivity index (χ1) is 17.7. The van der Waals surface area contributed by atoms with E-state index < -0.39 is 23.4 Å². The van der Waals surface area contributed by atoms with Crippen molar-refractivity contribution in [3.05, 3.63) is 92.7 Å². The number of hydrogen-bond donors (Lipinski definition) is 0. The number of nitrogens with zero attached hydrogens (tertiary/aromatic N) is 4. The van der Waals surface area contributed by atoms with Crippen molar-refractivity contribution >= 4 is 11.9 Å². The summed E-state index contributed by atoms with van der Waals surface area (Å²) in [7, 11) is 6.16. The summed E-state index contributed by atoms with van der Waals surface area (Å²) in [5, 5.41) is 9.95. The van der Waals surface area contributed by atoms with E-state index in [0.717, 1.165) is 5.56 Å². The molecule has 9 nitrogen and oxygen atoms in total. The number of carbonyl (C=O) groups is 2. The fraction of sp³-hybridized carbons (Fsp3) is 0.321. The molecule has 9 heteroatoms. The molecule has 1 amide bonds. The Morgan fingerprint density at radius 2 is 1.84 bits per heavy atom. The minimum Gasteiger partial charge on any atom is -0.489 e. The summed E-state index contributed by atoms with van der Waals surface area (Å²) in [6.45, 7) is 3.63. The molecule has 2 unspecified atom stereocenters. The van der Waals surface area contributed by atoms with Crippen LogP contribution in [0.25, 0.3) is 0 Å². The van der Waals surface area contributed by atoms with Gasteiger partial charge in [-0.15, -0.1) is 0 Å². The monoisotopic (exact) mass is 502 g/mol. The summed E-state index contributed by atoms with van der Waals surface area (Å²) >= 11 is 0. The first-order valence-corrected chi connectivity index (χ1v) is 11.8. The Kier molecular flexibility index (Phi) is 8.45. The highest BCUT2D eigenvalue weighted by atomic mass is 16.5. The fourth-order valence-electron chi connectivity index (χ4n) is 4.39. The zero-order chi connectivity index (χ0) is 27.3. The van der Waals surface area contributed by atoms with E-state index in [2.05, 4.69) is 11.1 Å². The normalized spacial score (nSPS) is 12.2. The predicted octanol–water partition coefficient (Wildman–Crippen LogP) is 3.47. The summed E-state index contributed by atoms with van der Waals surface area (Å²) in [6, 6.07) is 16.6. The van der Waals surface area contributed by atoms with Crippen molar-refractivity contribution in [1.82, 2.24) is 14.5 Å². The van der Waals surface area contributed by atoms with Crippen LogP contribution in [-0.2, 0) is 11.8 Å². The fourth-order valence-corrected chi connectivity index (χ4v) is 4.39. The summed E-state index contributed by atoms with van der Waals surface area (Å²) in [4.78, 5) is 44.6. The zero-order valence-corrected chi connectivity index (χ0v) is 21.8. The third-order valence-electron chi connectivity index (χ3n) is 6.18. The van der Waals surface area contributed by atoms with Gasteiger partial charge in [-0.1, -0.05) is 37.3 Å². The highest BCUT2D eigenvalue weighted by molar-refractivity contribution is 5.94. The molecular formula is C28H30N4O5. The van der Waals surface area contributed by atoms with E-state index in [1.54, 1.807) is 46.3 Å². The molecule has 0 saturated carbocycles. The van der Waals surface area contributed by atoms with Crippen LogP contribution < -0.4 is 10.3 Å². The summed E-state index contributed by atoms with van der Waals surface area (Å²) < 4.78 is 11.7. The van der Waals surface area contributed by atoms with Gasteiger partial charge in [0.15, 0.2) is 5.69 Å². The number of amides is 1. The second kappa shape index (κ2) is 11.5. The quantitative estimate of drug-likeness (QED) is 0.433. The molecule has 192 valence electrons. The maximum atomic E-state index is 13.2. The van der Waals surface area contributed by atoms with Crippen molar-refractivity contribution in [2.24, 2.45) is 7.05 Å². The smallest absolute Gasteiger partial charge is 0.361 e. The molecular weight excluding hydrogens is 472 g/mol. The van der Waals surface area contributed by atoms with Crippen LogP contribution in [-0.4, -0.2) is 54.1 Å². The molecule has 1 heterocycles. The molecule has 0 aliphatic carbocycles. The molecule has 0 bridgehead atoms. The lowest BCUT2D eigenvalue weighted by molar-refractivity contribution is 0.0513. The van der Waals surface area contributed by atoms with Crippen molar-refractivity contribution in [2.75, 3.05) is 27.8 Å². The molecule has 0 saturated heterocycles. The van der Waals surface area contributed by atoms with Crippen LogP contribution >= 0.6 is 0 Å². The lowest BCUT2D eigenvalue weighted by Gasteiger charge is -2.28. The standard InChI is InChI=1S/C28H30N4O5/c1-7-37-28(35)23-24(36-6)27(34)32(5)25(30-23)17(2)22(18-11-9-8-10-12-18)21-15-19(26(33)31(3)4)13-14-20(21)16-29/h8-15,17,22H,7H2,1-6H3. The largest absolute Gasteiger partial charge is 0.489 e. The SMILES string of the molecule is CCOC(=O)c1nc(C(C)C(c2ccccc2)c2cc(C(=O)N(C)C)ccc2C#N)n(C)c(=O)c1OC. The summed E-state index contributed by atoms with van der Waals surface area (Å²) in [5.41, 5.74) is 1.53. The minimum atomic E-state index is -0.766. The molecule has 0 fully saturated rings. The molecule has 37 heavy (non-hydrogen) atoms. The molecule has 3 rings (SSSR count). The van der Waals surface area contributed by atoms with Crippen molar-refractivity contribution < 1.29 is 19.1 Å². The molecule has 3 aromatic rings. The third kappa shape index (κ3) is 5.38. The average molecular weight is 503 g/mol. The van der Waals surface area contributed by atoms with Gasteiger partial charge in [0.2, 0.25) is 5.75 Å². The van der Waals surface area contributed by atoms with Gasteiger partial charge in [-0.25, -0.2) is 9.78 Å². The van der Waals surface area contributed by atoms with E-state index in [4.69, 9.17) is 9.47 Å². The molecule has 0 N–H and O–H groups in total. The zero-order valence-electron chi connectivity index (χ0n) is 21.8. The number of ether oxygens (including phenoxy) is 2. The Morgan fingerprint density at radius 1 is 1.16 bits per heavy atom. The minimum absolute atomic E-state index is 0.106. The Labute approximate surface area is 215 Å². The molecule has 0 radical (unpaired) electrons. The van der Waals surface area contributed by atoms with Gasteiger partial charge < -0.3 is 14.4 Å². The van der Waals surface area contributed by atoms with Gasteiger partial charge in [-0.2, -0.15) is 5.26 Å². The maximum absolute atomic E-state index is 13.2. The number of esters is 1. The van der Waals surface area contributed by atoms with Crippen molar-refractivity contribution in [3.63, 3.8) is 0 Å². The Hall–Kier alpha value is -4.45. The number of rotatable bonds is 8. The van der Waals surface area contributed by atoms with Crippen LogP contribution in [0.2, 0.25) is 0 Å². The Morgan fingerprint density at radius 3 is 2.41 bits per heavy atom. The number of nitriles is 1. The molecule has 2 aromatic carbocycles. The van der Waals surface area contributed by atoms with Crippen molar-refractivity contribution in [1.29, 1.82) is 5.26 Å². The average Bonchev–Trinajstić information content (AvgIpc) is 2.90. The van der Waals surface area contributed by atoms with Gasteiger partial charge in [0, 0.05) is 38.5 Å². The second-order valence-corrected chi connectivity index (χ2v) is 8.73. The van der Waals surface area contributed by atoms with E-state index in [1.165, 1.54) is 16.6 Å². The molecule has 1 aromatic heterocycles. The molecule has 2 atom stereocenters. The van der Waals surface area contributed by atoms with Gasteiger partial charge in [-0.05, 0) is 36.2 Å². The van der Waals surface area contributed by atoms with E-state index in [0.29, 0.717) is 22.5 Å². The Balaban J connectivity index is 2.31.